The van der Waals surface area contributed by atoms with Gasteiger partial charge in [-0.15, -0.1) is 6.58 Å². The van der Waals surface area contributed by atoms with E-state index in [1.165, 1.54) is 43.8 Å². The molecule has 0 fully saturated rings. The summed E-state index contributed by atoms with van der Waals surface area (Å²) in [5, 5.41) is 12.4. The molecule has 0 bridgehead atoms. The topological polar surface area (TPSA) is 24.1 Å². The van der Waals surface area contributed by atoms with E-state index in [0.717, 1.165) is 17.8 Å². The van der Waals surface area contributed by atoms with Gasteiger partial charge in [-0.05, 0) is 57.5 Å². The van der Waals surface area contributed by atoms with Crippen molar-refractivity contribution in [3.05, 3.63) is 110 Å². The smallest absolute Gasteiger partial charge is 0.108 e. The van der Waals surface area contributed by atoms with E-state index in [-0.39, 0.29) is 5.66 Å². The van der Waals surface area contributed by atoms with Gasteiger partial charge in [-0.2, -0.15) is 0 Å². The van der Waals surface area contributed by atoms with Crippen molar-refractivity contribution in [3.63, 3.8) is 0 Å². The first-order valence-electron chi connectivity index (χ1n) is 11.5. The van der Waals surface area contributed by atoms with Crippen LogP contribution < -0.4 is 10.6 Å². The number of fused-ring (bicyclic) bond motifs is 1. The lowest BCUT2D eigenvalue weighted by Gasteiger charge is -2.38. The molecule has 0 saturated heterocycles. The zero-order chi connectivity index (χ0) is 22.4. The third kappa shape index (κ3) is 3.18. The summed E-state index contributed by atoms with van der Waals surface area (Å²) in [6, 6.07) is 35.0. The Morgan fingerprint density at radius 1 is 0.636 bits per heavy atom. The fourth-order valence-corrected chi connectivity index (χ4v) is 5.27. The summed E-state index contributed by atoms with van der Waals surface area (Å²) in [5.74, 6) is 0. The van der Waals surface area contributed by atoms with Crippen LogP contribution in [-0.4, -0.2) is 5.66 Å². The fourth-order valence-electron chi connectivity index (χ4n) is 5.27. The van der Waals surface area contributed by atoms with Crippen molar-refractivity contribution >= 4 is 32.9 Å². The van der Waals surface area contributed by atoms with Gasteiger partial charge in [0.15, 0.2) is 0 Å². The third-order valence-electron chi connectivity index (χ3n) is 6.71. The van der Waals surface area contributed by atoms with Gasteiger partial charge >= 0.3 is 0 Å². The summed E-state index contributed by atoms with van der Waals surface area (Å²) in [6.45, 7) is 6.12. The van der Waals surface area contributed by atoms with Crippen molar-refractivity contribution in [1.29, 1.82) is 0 Å². The van der Waals surface area contributed by atoms with Gasteiger partial charge in [-0.1, -0.05) is 91.0 Å². The summed E-state index contributed by atoms with van der Waals surface area (Å²) in [5.41, 5.74) is 7.11. The van der Waals surface area contributed by atoms with Crippen LogP contribution in [0.25, 0.3) is 43.8 Å². The van der Waals surface area contributed by atoms with Crippen LogP contribution in [0.2, 0.25) is 0 Å². The predicted octanol–water partition coefficient (Wildman–Crippen LogP) is 8.46. The Balaban J connectivity index is 1.58. The molecule has 1 aliphatic rings. The van der Waals surface area contributed by atoms with Crippen molar-refractivity contribution in [3.8, 4) is 22.3 Å². The first kappa shape index (κ1) is 19.6. The highest BCUT2D eigenvalue weighted by Crippen LogP contribution is 2.44. The molecule has 0 saturated carbocycles. The van der Waals surface area contributed by atoms with Gasteiger partial charge in [0.25, 0.3) is 0 Å². The zero-order valence-corrected chi connectivity index (χ0v) is 18.7. The Kier molecular flexibility index (Phi) is 4.48. The molecule has 1 unspecified atom stereocenters. The molecule has 5 aromatic carbocycles. The highest BCUT2D eigenvalue weighted by Gasteiger charge is 2.29. The standard InChI is InChI=1S/C31H26N2/c1-3-20-31(2)32-28-15-9-14-27-26(18-19-29(33-31)30(27)28)25-17-16-22(21-10-5-4-6-11-21)23-12-7-8-13-24(23)25/h3-19,32-33H,1,20H2,2H3. The largest absolute Gasteiger partial charge is 0.362 e. The average Bonchev–Trinajstić information content (AvgIpc) is 2.84. The van der Waals surface area contributed by atoms with Gasteiger partial charge in [0, 0.05) is 23.2 Å². The van der Waals surface area contributed by atoms with E-state index in [0.29, 0.717) is 0 Å². The maximum atomic E-state index is 3.94. The summed E-state index contributed by atoms with van der Waals surface area (Å²) in [6.07, 6.45) is 2.79. The molecule has 1 aliphatic heterocycles. The van der Waals surface area contributed by atoms with Gasteiger partial charge in [-0.25, -0.2) is 0 Å². The Labute approximate surface area is 194 Å². The molecule has 0 aliphatic carbocycles. The monoisotopic (exact) mass is 426 g/mol. The molecule has 0 aromatic heterocycles. The summed E-state index contributed by atoms with van der Waals surface area (Å²) in [7, 11) is 0. The van der Waals surface area contributed by atoms with Crippen LogP contribution in [0.3, 0.4) is 0 Å². The van der Waals surface area contributed by atoms with Crippen LogP contribution in [-0.2, 0) is 0 Å². The second-order valence-electron chi connectivity index (χ2n) is 9.04. The molecular weight excluding hydrogens is 400 g/mol. The van der Waals surface area contributed by atoms with Crippen LogP contribution in [0.15, 0.2) is 110 Å². The van der Waals surface area contributed by atoms with Gasteiger partial charge < -0.3 is 10.6 Å². The van der Waals surface area contributed by atoms with E-state index in [2.05, 4.69) is 121 Å². The molecule has 0 amide bonds. The van der Waals surface area contributed by atoms with E-state index in [9.17, 15) is 0 Å². The minimum absolute atomic E-state index is 0.241. The van der Waals surface area contributed by atoms with E-state index >= 15 is 0 Å². The highest BCUT2D eigenvalue weighted by molar-refractivity contribution is 6.15. The molecule has 5 aromatic rings. The Hall–Kier alpha value is -4.04. The number of hydrogen-bond acceptors (Lipinski definition) is 2. The first-order valence-corrected chi connectivity index (χ1v) is 11.5. The van der Waals surface area contributed by atoms with E-state index < -0.39 is 0 Å². The highest BCUT2D eigenvalue weighted by atomic mass is 15.2. The SMILES string of the molecule is C=CCC1(C)Nc2cccc3c(-c4ccc(-c5ccccc5)c5ccccc45)ccc(c23)N1. The van der Waals surface area contributed by atoms with Crippen molar-refractivity contribution in [2.45, 2.75) is 19.0 Å². The molecule has 33 heavy (non-hydrogen) atoms. The normalized spacial score (nSPS) is 16.9. The minimum Gasteiger partial charge on any atom is -0.362 e. The average molecular weight is 427 g/mol. The molecule has 160 valence electrons. The molecule has 2 N–H and O–H groups in total. The quantitative estimate of drug-likeness (QED) is 0.282. The van der Waals surface area contributed by atoms with Crippen LogP contribution in [0, 0.1) is 0 Å². The Morgan fingerprint density at radius 2 is 1.21 bits per heavy atom. The van der Waals surface area contributed by atoms with Crippen LogP contribution in [0.4, 0.5) is 11.4 Å². The zero-order valence-electron chi connectivity index (χ0n) is 18.7. The fraction of sp³-hybridized carbons (Fsp3) is 0.0968. The molecule has 1 atom stereocenters. The number of hydrogen-bond donors (Lipinski definition) is 2. The van der Waals surface area contributed by atoms with Gasteiger partial charge in [0.1, 0.15) is 5.66 Å². The predicted molar refractivity (Wildman–Crippen MR) is 143 cm³/mol. The van der Waals surface area contributed by atoms with Gasteiger partial charge in [-0.3, -0.25) is 0 Å². The lowest BCUT2D eigenvalue weighted by molar-refractivity contribution is 0.592. The third-order valence-corrected chi connectivity index (χ3v) is 6.71. The van der Waals surface area contributed by atoms with Crippen molar-refractivity contribution in [1.82, 2.24) is 0 Å². The van der Waals surface area contributed by atoms with Gasteiger partial charge in [0.05, 0.1) is 0 Å². The lowest BCUT2D eigenvalue weighted by Crippen LogP contribution is -2.44. The lowest BCUT2D eigenvalue weighted by atomic mass is 9.88. The first-order chi connectivity index (χ1) is 16.2. The molecule has 1 heterocycles. The van der Waals surface area contributed by atoms with Crippen LogP contribution in [0.5, 0.6) is 0 Å². The maximum absolute atomic E-state index is 3.94. The minimum atomic E-state index is -0.241. The second-order valence-corrected chi connectivity index (χ2v) is 9.04. The molecule has 0 spiro atoms. The molecule has 2 heteroatoms. The Bertz CT molecular complexity index is 1500. The van der Waals surface area contributed by atoms with Crippen LogP contribution >= 0.6 is 0 Å². The summed E-state index contributed by atoms with van der Waals surface area (Å²) in [4.78, 5) is 0. The number of nitrogens with one attached hydrogen (secondary N) is 2. The van der Waals surface area contributed by atoms with E-state index in [1.807, 2.05) is 6.08 Å². The molecule has 6 rings (SSSR count). The van der Waals surface area contributed by atoms with Crippen molar-refractivity contribution in [2.75, 3.05) is 10.6 Å². The van der Waals surface area contributed by atoms with Crippen molar-refractivity contribution in [2.24, 2.45) is 0 Å². The molecule has 0 radical (unpaired) electrons. The van der Waals surface area contributed by atoms with Crippen LogP contribution in [0.1, 0.15) is 13.3 Å². The van der Waals surface area contributed by atoms with E-state index in [4.69, 9.17) is 0 Å². The Morgan fingerprint density at radius 3 is 1.97 bits per heavy atom. The van der Waals surface area contributed by atoms with Crippen molar-refractivity contribution < 1.29 is 0 Å². The molecular formula is C31H26N2. The maximum Gasteiger partial charge on any atom is 0.108 e. The second kappa shape index (κ2) is 7.53. The van der Waals surface area contributed by atoms with E-state index in [1.54, 1.807) is 0 Å². The number of benzene rings is 5. The number of rotatable bonds is 4. The summed E-state index contributed by atoms with van der Waals surface area (Å²) < 4.78 is 0. The summed E-state index contributed by atoms with van der Waals surface area (Å²) >= 11 is 0. The van der Waals surface area contributed by atoms with Gasteiger partial charge in [0.2, 0.25) is 0 Å². The number of anilines is 2. The molecule has 2 nitrogen and oxygen atoms in total.